The van der Waals surface area contributed by atoms with Crippen LogP contribution in [0, 0.1) is 20.8 Å². The summed E-state index contributed by atoms with van der Waals surface area (Å²) < 4.78 is 0. The molecule has 2 aromatic rings. The first kappa shape index (κ1) is 17.6. The molecule has 0 bridgehead atoms. The largest absolute Gasteiger partial charge is 0.324 e. The van der Waals surface area contributed by atoms with Gasteiger partial charge in [0.1, 0.15) is 0 Å². The topological polar surface area (TPSA) is 45.2 Å². The van der Waals surface area contributed by atoms with Gasteiger partial charge in [0.05, 0.1) is 17.2 Å². The van der Waals surface area contributed by atoms with E-state index >= 15 is 0 Å². The Bertz CT molecular complexity index is 670. The summed E-state index contributed by atoms with van der Waals surface area (Å²) in [5, 5.41) is 6.25. The van der Waals surface area contributed by atoms with Crippen LogP contribution in [0.25, 0.3) is 0 Å². The van der Waals surface area contributed by atoms with Gasteiger partial charge in [0.25, 0.3) is 0 Å². The summed E-state index contributed by atoms with van der Waals surface area (Å²) in [6.45, 7) is 9.27. The molecule has 0 aliphatic carbocycles. The first-order chi connectivity index (χ1) is 10.9. The molecule has 1 heterocycles. The highest BCUT2D eigenvalue weighted by atomic mass is 32.1. The van der Waals surface area contributed by atoms with E-state index in [1.54, 1.807) is 11.3 Å². The number of thiazole rings is 1. The molecule has 4 nitrogen and oxygen atoms in total. The highest BCUT2D eigenvalue weighted by molar-refractivity contribution is 7.09. The molecule has 1 aromatic carbocycles. The van der Waals surface area contributed by atoms with Crippen molar-refractivity contribution in [2.24, 2.45) is 0 Å². The molecule has 1 N–H and O–H groups in total. The Morgan fingerprint density at radius 2 is 1.91 bits per heavy atom. The minimum atomic E-state index is 0.00787. The van der Waals surface area contributed by atoms with Crippen LogP contribution >= 0.6 is 11.3 Å². The second-order valence-electron chi connectivity index (χ2n) is 6.08. The molecule has 0 aliphatic rings. The first-order valence-corrected chi connectivity index (χ1v) is 8.76. The van der Waals surface area contributed by atoms with E-state index in [4.69, 9.17) is 0 Å². The summed E-state index contributed by atoms with van der Waals surface area (Å²) in [5.74, 6) is 0.00787. The van der Waals surface area contributed by atoms with Crippen molar-refractivity contribution in [2.45, 2.75) is 40.7 Å². The van der Waals surface area contributed by atoms with E-state index in [9.17, 15) is 4.79 Å². The lowest BCUT2D eigenvalue weighted by Gasteiger charge is -2.17. The fourth-order valence-electron chi connectivity index (χ4n) is 2.72. The molecule has 0 atom stereocenters. The molecule has 0 radical (unpaired) electrons. The fourth-order valence-corrected chi connectivity index (χ4v) is 3.45. The summed E-state index contributed by atoms with van der Waals surface area (Å²) in [5.41, 5.74) is 5.38. The van der Waals surface area contributed by atoms with Gasteiger partial charge < -0.3 is 5.32 Å². The van der Waals surface area contributed by atoms with E-state index in [0.717, 1.165) is 33.9 Å². The maximum atomic E-state index is 12.3. The molecule has 0 fully saturated rings. The van der Waals surface area contributed by atoms with Gasteiger partial charge in [-0.15, -0.1) is 11.3 Å². The number of aromatic nitrogens is 1. The normalized spacial score (nSPS) is 11.0. The molecule has 1 aromatic heterocycles. The van der Waals surface area contributed by atoms with Crippen LogP contribution in [0.2, 0.25) is 0 Å². The average Bonchev–Trinajstić information content (AvgIpc) is 2.90. The van der Waals surface area contributed by atoms with Gasteiger partial charge in [0.2, 0.25) is 5.91 Å². The van der Waals surface area contributed by atoms with E-state index in [1.807, 2.05) is 25.8 Å². The number of amides is 1. The molecule has 5 heteroatoms. The molecule has 0 unspecified atom stereocenters. The van der Waals surface area contributed by atoms with Gasteiger partial charge in [0, 0.05) is 17.6 Å². The van der Waals surface area contributed by atoms with Gasteiger partial charge in [0.15, 0.2) is 0 Å². The molecule has 0 saturated heterocycles. The molecule has 2 rings (SSSR count). The molecule has 23 heavy (non-hydrogen) atoms. The van der Waals surface area contributed by atoms with Crippen molar-refractivity contribution in [1.82, 2.24) is 9.88 Å². The predicted molar refractivity (Wildman–Crippen MR) is 97.1 cm³/mol. The van der Waals surface area contributed by atoms with Crippen molar-refractivity contribution >= 4 is 22.9 Å². The van der Waals surface area contributed by atoms with E-state index in [0.29, 0.717) is 13.1 Å². The number of anilines is 1. The maximum absolute atomic E-state index is 12.3. The summed E-state index contributed by atoms with van der Waals surface area (Å²) in [4.78, 5) is 18.8. The molecule has 124 valence electrons. The van der Waals surface area contributed by atoms with Gasteiger partial charge >= 0.3 is 0 Å². The van der Waals surface area contributed by atoms with Crippen LogP contribution in [0.1, 0.15) is 34.3 Å². The van der Waals surface area contributed by atoms with E-state index in [-0.39, 0.29) is 5.91 Å². The maximum Gasteiger partial charge on any atom is 0.238 e. The average molecular weight is 331 g/mol. The second kappa shape index (κ2) is 7.70. The number of carbonyl (C=O) groups is 1. The molecule has 1 amide bonds. The van der Waals surface area contributed by atoms with Crippen molar-refractivity contribution in [3.8, 4) is 0 Å². The number of hydrogen-bond donors (Lipinski definition) is 1. The number of aryl methyl sites for hydroxylation is 4. The SMILES string of the molecule is CCc1nc(CN(C)CC(=O)Nc2c(C)cc(C)cc2C)cs1. The Hall–Kier alpha value is -1.72. The van der Waals surface area contributed by atoms with Crippen molar-refractivity contribution in [1.29, 1.82) is 0 Å². The third-order valence-electron chi connectivity index (χ3n) is 3.69. The van der Waals surface area contributed by atoms with Crippen LogP contribution in [0.15, 0.2) is 17.5 Å². The fraction of sp³-hybridized carbons (Fsp3) is 0.444. The zero-order chi connectivity index (χ0) is 17.0. The van der Waals surface area contributed by atoms with Crippen molar-refractivity contribution in [2.75, 3.05) is 18.9 Å². The van der Waals surface area contributed by atoms with E-state index in [2.05, 4.69) is 41.7 Å². The van der Waals surface area contributed by atoms with Gasteiger partial charge in [-0.3, -0.25) is 9.69 Å². The number of rotatable bonds is 6. The number of carbonyl (C=O) groups excluding carboxylic acids is 1. The summed E-state index contributed by atoms with van der Waals surface area (Å²) in [7, 11) is 1.94. The van der Waals surface area contributed by atoms with Crippen molar-refractivity contribution in [3.63, 3.8) is 0 Å². The number of likely N-dealkylation sites (N-methyl/N-ethyl adjacent to an activating group) is 1. The Balaban J connectivity index is 1.94. The smallest absolute Gasteiger partial charge is 0.238 e. The molecular weight excluding hydrogens is 306 g/mol. The predicted octanol–water partition coefficient (Wildman–Crippen LogP) is 3.70. The van der Waals surface area contributed by atoms with Gasteiger partial charge in [-0.25, -0.2) is 4.98 Å². The molecule has 0 spiro atoms. The zero-order valence-corrected chi connectivity index (χ0v) is 15.4. The lowest BCUT2D eigenvalue weighted by Crippen LogP contribution is -2.30. The number of hydrogen-bond acceptors (Lipinski definition) is 4. The lowest BCUT2D eigenvalue weighted by atomic mass is 10.1. The van der Waals surface area contributed by atoms with Crippen LogP contribution in [-0.4, -0.2) is 29.4 Å². The first-order valence-electron chi connectivity index (χ1n) is 7.88. The Kier molecular flexibility index (Phi) is 5.91. The molecule has 0 aliphatic heterocycles. The van der Waals surface area contributed by atoms with E-state index < -0.39 is 0 Å². The minimum absolute atomic E-state index is 0.00787. The third kappa shape index (κ3) is 4.88. The summed E-state index contributed by atoms with van der Waals surface area (Å²) >= 11 is 1.68. The molecular formula is C18H25N3OS. The highest BCUT2D eigenvalue weighted by Crippen LogP contribution is 2.21. The van der Waals surface area contributed by atoms with Gasteiger partial charge in [-0.05, 0) is 45.4 Å². The monoisotopic (exact) mass is 331 g/mol. The van der Waals surface area contributed by atoms with Crippen LogP contribution < -0.4 is 5.32 Å². The third-order valence-corrected chi connectivity index (χ3v) is 4.73. The number of nitrogens with zero attached hydrogens (tertiary/aromatic N) is 2. The number of benzene rings is 1. The summed E-state index contributed by atoms with van der Waals surface area (Å²) in [6, 6.07) is 4.18. The quantitative estimate of drug-likeness (QED) is 0.878. The van der Waals surface area contributed by atoms with Crippen molar-refractivity contribution in [3.05, 3.63) is 44.9 Å². The van der Waals surface area contributed by atoms with E-state index in [1.165, 1.54) is 5.56 Å². The van der Waals surface area contributed by atoms with Gasteiger partial charge in [-0.2, -0.15) is 0 Å². The van der Waals surface area contributed by atoms with Crippen LogP contribution in [0.3, 0.4) is 0 Å². The Morgan fingerprint density at radius 1 is 1.26 bits per heavy atom. The van der Waals surface area contributed by atoms with Crippen LogP contribution in [0.5, 0.6) is 0 Å². The Morgan fingerprint density at radius 3 is 2.48 bits per heavy atom. The van der Waals surface area contributed by atoms with Gasteiger partial charge in [-0.1, -0.05) is 24.6 Å². The number of nitrogens with one attached hydrogen (secondary N) is 1. The zero-order valence-electron chi connectivity index (χ0n) is 14.6. The standard InChI is InChI=1S/C18H25N3OS/c1-6-17-19-15(11-23-17)9-21(5)10-16(22)20-18-13(3)7-12(2)8-14(18)4/h7-8,11H,6,9-10H2,1-5H3,(H,20,22). The highest BCUT2D eigenvalue weighted by Gasteiger charge is 2.12. The van der Waals surface area contributed by atoms with Crippen LogP contribution in [-0.2, 0) is 17.8 Å². The lowest BCUT2D eigenvalue weighted by molar-refractivity contribution is -0.117. The summed E-state index contributed by atoms with van der Waals surface area (Å²) in [6.07, 6.45) is 0.959. The van der Waals surface area contributed by atoms with Crippen LogP contribution in [0.4, 0.5) is 5.69 Å². The minimum Gasteiger partial charge on any atom is -0.324 e. The molecule has 0 saturated carbocycles. The second-order valence-corrected chi connectivity index (χ2v) is 7.02. The van der Waals surface area contributed by atoms with Crippen molar-refractivity contribution < 1.29 is 4.79 Å². The Labute approximate surface area is 142 Å².